The summed E-state index contributed by atoms with van der Waals surface area (Å²) in [4.78, 5) is 24.4. The van der Waals surface area contributed by atoms with Crippen molar-refractivity contribution in [1.82, 2.24) is 0 Å². The average Bonchev–Trinajstić information content (AvgIpc) is 2.69. The highest BCUT2D eigenvalue weighted by Crippen LogP contribution is 2.29. The summed E-state index contributed by atoms with van der Waals surface area (Å²) in [6.45, 7) is 0. The summed E-state index contributed by atoms with van der Waals surface area (Å²) in [5.41, 5.74) is 1.50. The minimum atomic E-state index is -0.634. The molecule has 26 heavy (non-hydrogen) atoms. The molecular weight excluding hydrogens is 326 g/mol. The van der Waals surface area contributed by atoms with Crippen molar-refractivity contribution in [1.29, 1.82) is 0 Å². The fraction of sp³-hybridized carbons (Fsp3) is 0.0909. The van der Waals surface area contributed by atoms with E-state index in [1.807, 2.05) is 66.7 Å². The quantitative estimate of drug-likeness (QED) is 0.636. The summed E-state index contributed by atoms with van der Waals surface area (Å²) in [6, 6.07) is 25.9. The molecule has 1 amide bonds. The number of amides is 1. The SMILES string of the molecule is O=C(CCc1ccccc1)C(=O)Nc1ccccc1Oc1ccccc1. The Morgan fingerprint density at radius 2 is 1.38 bits per heavy atom. The van der Waals surface area contributed by atoms with E-state index >= 15 is 0 Å². The number of hydrogen-bond acceptors (Lipinski definition) is 3. The zero-order chi connectivity index (χ0) is 18.2. The highest BCUT2D eigenvalue weighted by Gasteiger charge is 2.16. The van der Waals surface area contributed by atoms with E-state index in [1.165, 1.54) is 0 Å². The van der Waals surface area contributed by atoms with E-state index in [1.54, 1.807) is 18.2 Å². The van der Waals surface area contributed by atoms with Gasteiger partial charge in [0, 0.05) is 6.42 Å². The molecule has 3 rings (SSSR count). The summed E-state index contributed by atoms with van der Waals surface area (Å²) >= 11 is 0. The van der Waals surface area contributed by atoms with Crippen molar-refractivity contribution in [3.63, 3.8) is 0 Å². The Balaban J connectivity index is 1.63. The second kappa shape index (κ2) is 8.62. The van der Waals surface area contributed by atoms with Crippen LogP contribution in [-0.4, -0.2) is 11.7 Å². The molecule has 0 aliphatic heterocycles. The molecule has 4 nitrogen and oxygen atoms in total. The second-order valence-corrected chi connectivity index (χ2v) is 5.77. The van der Waals surface area contributed by atoms with Gasteiger partial charge in [0.15, 0.2) is 5.75 Å². The molecule has 0 heterocycles. The number of nitrogens with one attached hydrogen (secondary N) is 1. The smallest absolute Gasteiger partial charge is 0.291 e. The number of aryl methyl sites for hydroxylation is 1. The van der Waals surface area contributed by atoms with E-state index in [-0.39, 0.29) is 6.42 Å². The molecule has 130 valence electrons. The van der Waals surface area contributed by atoms with Gasteiger partial charge in [-0.1, -0.05) is 60.7 Å². The number of hydrogen-bond donors (Lipinski definition) is 1. The van der Waals surface area contributed by atoms with Crippen LogP contribution < -0.4 is 10.1 Å². The molecule has 0 fully saturated rings. The molecule has 0 aliphatic rings. The number of Topliss-reactive ketones (excluding diaryl/α,β-unsaturated/α-hetero) is 1. The lowest BCUT2D eigenvalue weighted by molar-refractivity contribution is -0.134. The van der Waals surface area contributed by atoms with Gasteiger partial charge in [-0.15, -0.1) is 0 Å². The van der Waals surface area contributed by atoms with Crippen molar-refractivity contribution in [2.24, 2.45) is 0 Å². The first-order valence-corrected chi connectivity index (χ1v) is 8.42. The molecule has 0 saturated heterocycles. The summed E-state index contributed by atoms with van der Waals surface area (Å²) in [6.07, 6.45) is 0.701. The minimum absolute atomic E-state index is 0.164. The molecule has 0 spiro atoms. The van der Waals surface area contributed by atoms with Crippen LogP contribution >= 0.6 is 0 Å². The van der Waals surface area contributed by atoms with Gasteiger partial charge in [0.1, 0.15) is 5.75 Å². The topological polar surface area (TPSA) is 55.4 Å². The molecule has 0 unspecified atom stereocenters. The first kappa shape index (κ1) is 17.4. The monoisotopic (exact) mass is 345 g/mol. The molecule has 0 radical (unpaired) electrons. The summed E-state index contributed by atoms with van der Waals surface area (Å²) in [5.74, 6) is 0.0564. The number of carbonyl (C=O) groups is 2. The van der Waals surface area contributed by atoms with Crippen molar-refractivity contribution in [3.8, 4) is 11.5 Å². The zero-order valence-electron chi connectivity index (χ0n) is 14.2. The Hall–Kier alpha value is -3.40. The third kappa shape index (κ3) is 4.80. The molecule has 4 heteroatoms. The van der Waals surface area contributed by atoms with Crippen LogP contribution in [0.5, 0.6) is 11.5 Å². The number of carbonyl (C=O) groups excluding carboxylic acids is 2. The van der Waals surface area contributed by atoms with Crippen LogP contribution in [0.4, 0.5) is 5.69 Å². The fourth-order valence-electron chi connectivity index (χ4n) is 2.48. The third-order valence-electron chi connectivity index (χ3n) is 3.84. The van der Waals surface area contributed by atoms with Crippen LogP contribution in [0.3, 0.4) is 0 Å². The van der Waals surface area contributed by atoms with Gasteiger partial charge in [-0.25, -0.2) is 0 Å². The number of anilines is 1. The van der Waals surface area contributed by atoms with Crippen molar-refractivity contribution in [2.75, 3.05) is 5.32 Å². The van der Waals surface area contributed by atoms with E-state index in [4.69, 9.17) is 4.74 Å². The average molecular weight is 345 g/mol. The Kier molecular flexibility index (Phi) is 5.78. The molecule has 1 N–H and O–H groups in total. The lowest BCUT2D eigenvalue weighted by Gasteiger charge is -2.11. The molecular formula is C22H19NO3. The van der Waals surface area contributed by atoms with Crippen LogP contribution in [0.2, 0.25) is 0 Å². The maximum Gasteiger partial charge on any atom is 0.291 e. The fourth-order valence-corrected chi connectivity index (χ4v) is 2.48. The number of benzene rings is 3. The molecule has 3 aromatic carbocycles. The van der Waals surface area contributed by atoms with E-state index < -0.39 is 11.7 Å². The maximum absolute atomic E-state index is 12.2. The van der Waals surface area contributed by atoms with Gasteiger partial charge >= 0.3 is 0 Å². The number of rotatable bonds is 7. The molecule has 0 bridgehead atoms. The van der Waals surface area contributed by atoms with Crippen molar-refractivity contribution in [2.45, 2.75) is 12.8 Å². The van der Waals surface area contributed by atoms with Gasteiger partial charge < -0.3 is 10.1 Å². The normalized spacial score (nSPS) is 10.2. The van der Waals surface area contributed by atoms with Crippen LogP contribution in [-0.2, 0) is 16.0 Å². The Labute approximate surface area is 152 Å². The maximum atomic E-state index is 12.2. The number of ether oxygens (including phenoxy) is 1. The van der Waals surface area contributed by atoms with E-state index in [0.717, 1.165) is 5.56 Å². The predicted molar refractivity (Wildman–Crippen MR) is 101 cm³/mol. The molecule has 0 aromatic heterocycles. The first-order valence-electron chi connectivity index (χ1n) is 8.42. The minimum Gasteiger partial charge on any atom is -0.455 e. The zero-order valence-corrected chi connectivity index (χ0v) is 14.2. The largest absolute Gasteiger partial charge is 0.455 e. The van der Waals surface area contributed by atoms with Crippen LogP contribution in [0.25, 0.3) is 0 Å². The molecule has 3 aromatic rings. The van der Waals surface area contributed by atoms with Gasteiger partial charge in [-0.2, -0.15) is 0 Å². The number of ketones is 1. The highest BCUT2D eigenvalue weighted by molar-refractivity contribution is 6.40. The van der Waals surface area contributed by atoms with Crippen LogP contribution in [0, 0.1) is 0 Å². The Morgan fingerprint density at radius 1 is 0.769 bits per heavy atom. The molecule has 0 saturated carbocycles. The highest BCUT2D eigenvalue weighted by atomic mass is 16.5. The van der Waals surface area contributed by atoms with E-state index in [2.05, 4.69) is 5.32 Å². The van der Waals surface area contributed by atoms with Gasteiger partial charge in [-0.3, -0.25) is 9.59 Å². The Morgan fingerprint density at radius 3 is 2.12 bits per heavy atom. The lowest BCUT2D eigenvalue weighted by Crippen LogP contribution is -2.23. The van der Waals surface area contributed by atoms with Gasteiger partial charge in [0.2, 0.25) is 5.78 Å². The van der Waals surface area contributed by atoms with Gasteiger partial charge in [-0.05, 0) is 36.2 Å². The summed E-state index contributed by atoms with van der Waals surface area (Å²) in [7, 11) is 0. The predicted octanol–water partition coefficient (Wildman–Crippen LogP) is 4.62. The standard InChI is InChI=1S/C22H19NO3/c24-20(16-15-17-9-3-1-4-10-17)22(25)23-19-13-7-8-14-21(19)26-18-11-5-2-6-12-18/h1-14H,15-16H2,(H,23,25). The molecule has 0 aliphatic carbocycles. The third-order valence-corrected chi connectivity index (χ3v) is 3.84. The summed E-state index contributed by atoms with van der Waals surface area (Å²) < 4.78 is 5.79. The Bertz CT molecular complexity index is 876. The van der Waals surface area contributed by atoms with E-state index in [9.17, 15) is 9.59 Å². The summed E-state index contributed by atoms with van der Waals surface area (Å²) in [5, 5.41) is 2.65. The van der Waals surface area contributed by atoms with E-state index in [0.29, 0.717) is 23.6 Å². The van der Waals surface area contributed by atoms with Gasteiger partial charge in [0.05, 0.1) is 5.69 Å². The van der Waals surface area contributed by atoms with Crippen molar-refractivity contribution in [3.05, 3.63) is 90.5 Å². The van der Waals surface area contributed by atoms with Gasteiger partial charge in [0.25, 0.3) is 5.91 Å². The van der Waals surface area contributed by atoms with Crippen LogP contribution in [0.15, 0.2) is 84.9 Å². The second-order valence-electron chi connectivity index (χ2n) is 5.77. The van der Waals surface area contributed by atoms with Crippen LogP contribution in [0.1, 0.15) is 12.0 Å². The first-order chi connectivity index (χ1) is 12.7. The van der Waals surface area contributed by atoms with Crippen molar-refractivity contribution >= 4 is 17.4 Å². The van der Waals surface area contributed by atoms with Crippen molar-refractivity contribution < 1.29 is 14.3 Å². The number of para-hydroxylation sites is 3. The lowest BCUT2D eigenvalue weighted by atomic mass is 10.1. The molecule has 0 atom stereocenters.